The predicted octanol–water partition coefficient (Wildman–Crippen LogP) is 3.41. The van der Waals surface area contributed by atoms with Crippen LogP contribution in [-0.2, 0) is 6.42 Å². The molecule has 0 radical (unpaired) electrons. The Kier molecular flexibility index (Phi) is 4.19. The van der Waals surface area contributed by atoms with Crippen molar-refractivity contribution in [3.05, 3.63) is 34.6 Å². The van der Waals surface area contributed by atoms with Gasteiger partial charge < -0.3 is 5.32 Å². The van der Waals surface area contributed by atoms with Crippen molar-refractivity contribution in [2.24, 2.45) is 5.92 Å². The van der Waals surface area contributed by atoms with E-state index in [0.29, 0.717) is 10.6 Å². The first-order valence-corrected chi connectivity index (χ1v) is 6.29. The topological polar surface area (TPSA) is 12.0 Å². The van der Waals surface area contributed by atoms with Gasteiger partial charge in [0.2, 0.25) is 0 Å². The molecule has 0 amide bonds. The molecule has 0 spiro atoms. The summed E-state index contributed by atoms with van der Waals surface area (Å²) in [5.74, 6) is 0.554. The molecule has 1 nitrogen and oxygen atoms in total. The highest BCUT2D eigenvalue weighted by Crippen LogP contribution is 2.24. The molecule has 0 atom stereocenters. The second kappa shape index (κ2) is 5.65. The summed E-state index contributed by atoms with van der Waals surface area (Å²) in [6.07, 6.45) is 4.21. The van der Waals surface area contributed by atoms with Gasteiger partial charge in [0, 0.05) is 10.6 Å². The molecule has 1 aliphatic heterocycles. The number of rotatable bonds is 3. The molecule has 1 heterocycles. The average Bonchev–Trinajstić information content (AvgIpc) is 2.30. The zero-order valence-corrected chi connectivity index (χ0v) is 10.1. The number of nitrogens with one attached hydrogen (secondary N) is 1. The molecule has 0 unspecified atom stereocenters. The van der Waals surface area contributed by atoms with Crippen LogP contribution in [0.15, 0.2) is 18.2 Å². The maximum Gasteiger partial charge on any atom is 0.127 e. The molecule has 1 N–H and O–H groups in total. The minimum atomic E-state index is -0.165. The van der Waals surface area contributed by atoms with Crippen LogP contribution in [0, 0.1) is 11.7 Å². The predicted molar refractivity (Wildman–Crippen MR) is 65.3 cm³/mol. The average molecular weight is 242 g/mol. The first-order chi connectivity index (χ1) is 7.77. The molecule has 0 saturated carbocycles. The van der Waals surface area contributed by atoms with Crippen LogP contribution in [0.25, 0.3) is 0 Å². The van der Waals surface area contributed by atoms with Crippen LogP contribution in [0.1, 0.15) is 24.8 Å². The van der Waals surface area contributed by atoms with Crippen molar-refractivity contribution in [2.75, 3.05) is 13.1 Å². The molecule has 88 valence electrons. The standard InChI is InChI=1S/C13H17ClFN/c14-12-2-1-3-13(15)11(12)5-4-10-6-8-16-9-7-10/h1-3,10,16H,4-9H2. The normalized spacial score (nSPS) is 17.6. The number of benzene rings is 1. The van der Waals surface area contributed by atoms with Crippen LogP contribution < -0.4 is 5.32 Å². The monoisotopic (exact) mass is 241 g/mol. The van der Waals surface area contributed by atoms with E-state index < -0.39 is 0 Å². The minimum absolute atomic E-state index is 0.165. The summed E-state index contributed by atoms with van der Waals surface area (Å²) in [5, 5.41) is 3.90. The van der Waals surface area contributed by atoms with Gasteiger partial charge in [0.25, 0.3) is 0 Å². The molecule has 1 saturated heterocycles. The molecule has 1 fully saturated rings. The van der Waals surface area contributed by atoms with Gasteiger partial charge in [-0.3, -0.25) is 0 Å². The molecule has 0 aliphatic carbocycles. The lowest BCUT2D eigenvalue weighted by Crippen LogP contribution is -2.27. The van der Waals surface area contributed by atoms with Gasteiger partial charge in [0.15, 0.2) is 0 Å². The van der Waals surface area contributed by atoms with Crippen LogP contribution in [-0.4, -0.2) is 13.1 Å². The highest BCUT2D eigenvalue weighted by molar-refractivity contribution is 6.31. The van der Waals surface area contributed by atoms with Crippen LogP contribution in [0.3, 0.4) is 0 Å². The van der Waals surface area contributed by atoms with Gasteiger partial charge in [-0.05, 0) is 56.8 Å². The van der Waals surface area contributed by atoms with Gasteiger partial charge in [0.1, 0.15) is 5.82 Å². The summed E-state index contributed by atoms with van der Waals surface area (Å²) >= 11 is 5.99. The lowest BCUT2D eigenvalue weighted by atomic mass is 9.91. The second-order valence-corrected chi connectivity index (χ2v) is 4.84. The molecular weight excluding hydrogens is 225 g/mol. The lowest BCUT2D eigenvalue weighted by molar-refractivity contribution is 0.353. The number of hydrogen-bond donors (Lipinski definition) is 1. The summed E-state index contributed by atoms with van der Waals surface area (Å²) in [5.41, 5.74) is 0.683. The molecule has 1 aromatic carbocycles. The highest BCUT2D eigenvalue weighted by Gasteiger charge is 2.14. The number of hydrogen-bond acceptors (Lipinski definition) is 1. The van der Waals surface area contributed by atoms with E-state index in [4.69, 9.17) is 11.6 Å². The fraction of sp³-hybridized carbons (Fsp3) is 0.538. The largest absolute Gasteiger partial charge is 0.317 e. The van der Waals surface area contributed by atoms with E-state index in [-0.39, 0.29) is 5.82 Å². The number of halogens is 2. The SMILES string of the molecule is Fc1cccc(Cl)c1CCC1CCNCC1. The van der Waals surface area contributed by atoms with Gasteiger partial charge in [-0.1, -0.05) is 17.7 Å². The molecular formula is C13H17ClFN. The summed E-state index contributed by atoms with van der Waals surface area (Å²) < 4.78 is 13.5. The third-order valence-electron chi connectivity index (χ3n) is 3.32. The number of piperidine rings is 1. The Morgan fingerprint density at radius 3 is 2.75 bits per heavy atom. The smallest absolute Gasteiger partial charge is 0.127 e. The van der Waals surface area contributed by atoms with E-state index in [9.17, 15) is 4.39 Å². The van der Waals surface area contributed by atoms with Crippen molar-refractivity contribution >= 4 is 11.6 Å². The van der Waals surface area contributed by atoms with Gasteiger partial charge in [0.05, 0.1) is 0 Å². The second-order valence-electron chi connectivity index (χ2n) is 4.43. The van der Waals surface area contributed by atoms with Crippen LogP contribution >= 0.6 is 11.6 Å². The lowest BCUT2D eigenvalue weighted by Gasteiger charge is -2.22. The van der Waals surface area contributed by atoms with Gasteiger partial charge in [-0.25, -0.2) is 4.39 Å². The maximum atomic E-state index is 13.5. The van der Waals surface area contributed by atoms with Crippen LogP contribution in [0.2, 0.25) is 5.02 Å². The molecule has 2 rings (SSSR count). The Bertz CT molecular complexity index is 328. The molecule has 1 aliphatic rings. The third kappa shape index (κ3) is 2.96. The zero-order valence-electron chi connectivity index (χ0n) is 9.31. The fourth-order valence-electron chi connectivity index (χ4n) is 2.29. The first kappa shape index (κ1) is 11.9. The minimum Gasteiger partial charge on any atom is -0.317 e. The van der Waals surface area contributed by atoms with Crippen molar-refractivity contribution in [1.82, 2.24) is 5.32 Å². The maximum absolute atomic E-state index is 13.5. The first-order valence-electron chi connectivity index (χ1n) is 5.91. The summed E-state index contributed by atoms with van der Waals surface area (Å²) in [7, 11) is 0. The zero-order chi connectivity index (χ0) is 11.4. The Hall–Kier alpha value is -0.600. The Balaban J connectivity index is 1.93. The van der Waals surface area contributed by atoms with Crippen molar-refractivity contribution in [3.8, 4) is 0 Å². The van der Waals surface area contributed by atoms with E-state index in [1.165, 1.54) is 18.9 Å². The molecule has 16 heavy (non-hydrogen) atoms. The van der Waals surface area contributed by atoms with E-state index in [1.54, 1.807) is 12.1 Å². The molecule has 3 heteroatoms. The quantitative estimate of drug-likeness (QED) is 0.855. The van der Waals surface area contributed by atoms with Crippen LogP contribution in [0.4, 0.5) is 4.39 Å². The Labute approximate surface area is 101 Å². The highest BCUT2D eigenvalue weighted by atomic mass is 35.5. The van der Waals surface area contributed by atoms with E-state index >= 15 is 0 Å². The van der Waals surface area contributed by atoms with E-state index in [1.807, 2.05) is 0 Å². The summed E-state index contributed by atoms with van der Waals surface area (Å²) in [6, 6.07) is 4.91. The molecule has 1 aromatic rings. The summed E-state index contributed by atoms with van der Waals surface area (Å²) in [4.78, 5) is 0. The Morgan fingerprint density at radius 2 is 2.06 bits per heavy atom. The van der Waals surface area contributed by atoms with Gasteiger partial charge in [-0.2, -0.15) is 0 Å². The fourth-order valence-corrected chi connectivity index (χ4v) is 2.55. The van der Waals surface area contributed by atoms with E-state index in [0.717, 1.165) is 31.8 Å². The van der Waals surface area contributed by atoms with Gasteiger partial charge >= 0.3 is 0 Å². The van der Waals surface area contributed by atoms with Crippen LogP contribution in [0.5, 0.6) is 0 Å². The summed E-state index contributed by atoms with van der Waals surface area (Å²) in [6.45, 7) is 2.19. The van der Waals surface area contributed by atoms with E-state index in [2.05, 4.69) is 5.32 Å². The molecule has 0 aromatic heterocycles. The van der Waals surface area contributed by atoms with Crippen molar-refractivity contribution in [3.63, 3.8) is 0 Å². The Morgan fingerprint density at radius 1 is 1.31 bits per heavy atom. The van der Waals surface area contributed by atoms with Crippen molar-refractivity contribution in [1.29, 1.82) is 0 Å². The molecule has 0 bridgehead atoms. The van der Waals surface area contributed by atoms with Crippen molar-refractivity contribution < 1.29 is 4.39 Å². The van der Waals surface area contributed by atoms with Gasteiger partial charge in [-0.15, -0.1) is 0 Å². The third-order valence-corrected chi connectivity index (χ3v) is 3.68. The van der Waals surface area contributed by atoms with Crippen molar-refractivity contribution in [2.45, 2.75) is 25.7 Å².